The second-order valence-corrected chi connectivity index (χ2v) is 6.43. The number of carbonyl (C=O) groups is 2. The fourth-order valence-electron chi connectivity index (χ4n) is 3.36. The highest BCUT2D eigenvalue weighted by atomic mass is 16.2. The van der Waals surface area contributed by atoms with Gasteiger partial charge in [-0.05, 0) is 25.7 Å². The molecule has 0 saturated heterocycles. The van der Waals surface area contributed by atoms with Crippen molar-refractivity contribution < 1.29 is 9.59 Å². The molecule has 0 aromatic heterocycles. The number of imide groups is 1. The van der Waals surface area contributed by atoms with Crippen LogP contribution in [0.5, 0.6) is 0 Å². The zero-order valence-corrected chi connectivity index (χ0v) is 13.0. The van der Waals surface area contributed by atoms with E-state index in [9.17, 15) is 9.59 Å². The van der Waals surface area contributed by atoms with E-state index in [2.05, 4.69) is 16.0 Å². The average Bonchev–Trinajstić information content (AvgIpc) is 2.90. The summed E-state index contributed by atoms with van der Waals surface area (Å²) in [7, 11) is 0. The Morgan fingerprint density at radius 3 is 1.95 bits per heavy atom. The van der Waals surface area contributed by atoms with Crippen LogP contribution in [0, 0.1) is 0 Å². The molecule has 120 valence electrons. The first-order valence-corrected chi connectivity index (χ1v) is 8.58. The fourth-order valence-corrected chi connectivity index (χ4v) is 3.36. The minimum atomic E-state index is -0.341. The minimum Gasteiger partial charge on any atom is -0.335 e. The lowest BCUT2D eigenvalue weighted by molar-refractivity contribution is -0.119. The molecule has 5 heteroatoms. The van der Waals surface area contributed by atoms with Crippen molar-refractivity contribution in [3.8, 4) is 0 Å². The van der Waals surface area contributed by atoms with E-state index in [1.54, 1.807) is 0 Å². The molecule has 0 spiro atoms. The Morgan fingerprint density at radius 1 is 0.762 bits per heavy atom. The van der Waals surface area contributed by atoms with Gasteiger partial charge in [-0.25, -0.2) is 4.79 Å². The molecule has 0 unspecified atom stereocenters. The summed E-state index contributed by atoms with van der Waals surface area (Å²) in [5.41, 5.74) is 0. The molecule has 2 aliphatic rings. The van der Waals surface area contributed by atoms with Gasteiger partial charge in [-0.1, -0.05) is 44.9 Å². The monoisotopic (exact) mass is 295 g/mol. The molecule has 0 aromatic rings. The Labute approximate surface area is 127 Å². The maximum absolute atomic E-state index is 11.8. The van der Waals surface area contributed by atoms with Gasteiger partial charge in [-0.3, -0.25) is 10.1 Å². The normalized spacial score (nSPS) is 21.5. The first-order valence-electron chi connectivity index (χ1n) is 8.58. The molecular weight excluding hydrogens is 266 g/mol. The SMILES string of the molecule is O=C(CNC1CCCCCCC1)NC(=O)NC1CCCC1. The molecule has 0 aliphatic heterocycles. The van der Waals surface area contributed by atoms with Crippen LogP contribution in [0.4, 0.5) is 4.79 Å². The molecule has 2 rings (SSSR count). The first-order chi connectivity index (χ1) is 10.2. The van der Waals surface area contributed by atoms with Crippen LogP contribution in [0.15, 0.2) is 0 Å². The van der Waals surface area contributed by atoms with Crippen LogP contribution in [0.2, 0.25) is 0 Å². The van der Waals surface area contributed by atoms with E-state index in [0.717, 1.165) is 25.7 Å². The highest BCUT2D eigenvalue weighted by Crippen LogP contribution is 2.17. The summed E-state index contributed by atoms with van der Waals surface area (Å²) in [6, 6.07) is 0.330. The first kappa shape index (κ1) is 16.3. The molecule has 0 atom stereocenters. The Bertz CT molecular complexity index is 332. The van der Waals surface area contributed by atoms with E-state index < -0.39 is 0 Å². The summed E-state index contributed by atoms with van der Waals surface area (Å²) in [5, 5.41) is 8.59. The molecule has 2 aliphatic carbocycles. The number of hydrogen-bond donors (Lipinski definition) is 3. The van der Waals surface area contributed by atoms with Crippen molar-refractivity contribution in [2.24, 2.45) is 0 Å². The highest BCUT2D eigenvalue weighted by molar-refractivity contribution is 5.95. The van der Waals surface area contributed by atoms with Crippen LogP contribution in [0.3, 0.4) is 0 Å². The van der Waals surface area contributed by atoms with E-state index in [0.29, 0.717) is 6.04 Å². The zero-order chi connectivity index (χ0) is 14.9. The standard InChI is InChI=1S/C16H29N3O2/c20-15(19-16(21)18-14-10-6-7-11-14)12-17-13-8-4-2-1-3-5-9-13/h13-14,17H,1-12H2,(H2,18,19,20,21). The van der Waals surface area contributed by atoms with E-state index in [1.807, 2.05) is 0 Å². The Hall–Kier alpha value is -1.10. The van der Waals surface area contributed by atoms with Crippen LogP contribution in [-0.4, -0.2) is 30.6 Å². The third-order valence-corrected chi connectivity index (χ3v) is 4.60. The van der Waals surface area contributed by atoms with Gasteiger partial charge in [0.1, 0.15) is 0 Å². The number of nitrogens with one attached hydrogen (secondary N) is 3. The quantitative estimate of drug-likeness (QED) is 0.746. The van der Waals surface area contributed by atoms with Crippen molar-refractivity contribution in [1.29, 1.82) is 0 Å². The van der Waals surface area contributed by atoms with E-state index in [-0.39, 0.29) is 24.5 Å². The van der Waals surface area contributed by atoms with Gasteiger partial charge in [-0.2, -0.15) is 0 Å². The summed E-state index contributed by atoms with van der Waals surface area (Å²) in [6.07, 6.45) is 13.1. The summed E-state index contributed by atoms with van der Waals surface area (Å²) < 4.78 is 0. The van der Waals surface area contributed by atoms with Gasteiger partial charge in [0, 0.05) is 12.1 Å². The summed E-state index contributed by atoms with van der Waals surface area (Å²) >= 11 is 0. The number of hydrogen-bond acceptors (Lipinski definition) is 3. The van der Waals surface area contributed by atoms with Crippen molar-refractivity contribution in [1.82, 2.24) is 16.0 Å². The molecule has 0 aromatic carbocycles. The van der Waals surface area contributed by atoms with Crippen molar-refractivity contribution >= 4 is 11.9 Å². The maximum Gasteiger partial charge on any atom is 0.321 e. The molecule has 0 bridgehead atoms. The smallest absolute Gasteiger partial charge is 0.321 e. The third-order valence-electron chi connectivity index (χ3n) is 4.60. The van der Waals surface area contributed by atoms with Crippen LogP contribution in [-0.2, 0) is 4.79 Å². The average molecular weight is 295 g/mol. The van der Waals surface area contributed by atoms with Gasteiger partial charge in [-0.15, -0.1) is 0 Å². The van der Waals surface area contributed by atoms with Crippen LogP contribution in [0.1, 0.15) is 70.6 Å². The number of rotatable bonds is 4. The molecule has 3 N–H and O–H groups in total. The van der Waals surface area contributed by atoms with Crippen molar-refractivity contribution in [2.45, 2.75) is 82.7 Å². The van der Waals surface area contributed by atoms with E-state index in [4.69, 9.17) is 0 Å². The topological polar surface area (TPSA) is 70.2 Å². The van der Waals surface area contributed by atoms with Gasteiger partial charge < -0.3 is 10.6 Å². The number of amides is 3. The van der Waals surface area contributed by atoms with Crippen LogP contribution < -0.4 is 16.0 Å². The van der Waals surface area contributed by atoms with Gasteiger partial charge in [0.25, 0.3) is 0 Å². The lowest BCUT2D eigenvalue weighted by Gasteiger charge is -2.20. The molecule has 3 amide bonds. The molecule has 5 nitrogen and oxygen atoms in total. The van der Waals surface area contributed by atoms with Crippen molar-refractivity contribution in [3.63, 3.8) is 0 Å². The molecule has 2 saturated carbocycles. The van der Waals surface area contributed by atoms with Crippen LogP contribution >= 0.6 is 0 Å². The zero-order valence-electron chi connectivity index (χ0n) is 13.0. The largest absolute Gasteiger partial charge is 0.335 e. The lowest BCUT2D eigenvalue weighted by atomic mass is 9.97. The van der Waals surface area contributed by atoms with E-state index >= 15 is 0 Å². The van der Waals surface area contributed by atoms with E-state index in [1.165, 1.54) is 44.9 Å². The molecule has 0 radical (unpaired) electrons. The van der Waals surface area contributed by atoms with Gasteiger partial charge in [0.2, 0.25) is 5.91 Å². The maximum atomic E-state index is 11.8. The number of urea groups is 1. The molecule has 21 heavy (non-hydrogen) atoms. The molecular formula is C16H29N3O2. The predicted molar refractivity (Wildman–Crippen MR) is 83.0 cm³/mol. The Morgan fingerprint density at radius 2 is 1.29 bits per heavy atom. The minimum absolute atomic E-state index is 0.229. The van der Waals surface area contributed by atoms with Gasteiger partial charge in [0.15, 0.2) is 0 Å². The van der Waals surface area contributed by atoms with Crippen LogP contribution in [0.25, 0.3) is 0 Å². The summed E-state index contributed by atoms with van der Waals surface area (Å²) in [4.78, 5) is 23.5. The predicted octanol–water partition coefficient (Wildman–Crippen LogP) is 2.46. The van der Waals surface area contributed by atoms with Gasteiger partial charge in [0.05, 0.1) is 6.54 Å². The summed E-state index contributed by atoms with van der Waals surface area (Å²) in [5.74, 6) is -0.229. The number of carbonyl (C=O) groups excluding carboxylic acids is 2. The van der Waals surface area contributed by atoms with Gasteiger partial charge >= 0.3 is 6.03 Å². The van der Waals surface area contributed by atoms with Crippen molar-refractivity contribution in [3.05, 3.63) is 0 Å². The second-order valence-electron chi connectivity index (χ2n) is 6.43. The Balaban J connectivity index is 1.60. The molecule has 0 heterocycles. The fraction of sp³-hybridized carbons (Fsp3) is 0.875. The third kappa shape index (κ3) is 6.46. The lowest BCUT2D eigenvalue weighted by Crippen LogP contribution is -2.47. The summed E-state index contributed by atoms with van der Waals surface area (Å²) in [6.45, 7) is 0.239. The Kier molecular flexibility index (Phi) is 7.00. The highest BCUT2D eigenvalue weighted by Gasteiger charge is 2.18. The van der Waals surface area contributed by atoms with Crippen molar-refractivity contribution in [2.75, 3.05) is 6.54 Å². The molecule has 2 fully saturated rings. The second kappa shape index (κ2) is 9.03.